The minimum atomic E-state index is -0.161. The van der Waals surface area contributed by atoms with Gasteiger partial charge in [0.05, 0.1) is 18.1 Å². The molecule has 0 amide bonds. The molecule has 2 unspecified atom stereocenters. The summed E-state index contributed by atoms with van der Waals surface area (Å²) in [6, 6.07) is 14.0. The zero-order valence-corrected chi connectivity index (χ0v) is 8.14. The van der Waals surface area contributed by atoms with Crippen LogP contribution in [-0.2, 0) is 0 Å². The number of hydrogen-bond acceptors (Lipinski definition) is 2. The number of nitrogens with zero attached hydrogens (tertiary/aromatic N) is 2. The maximum Gasteiger partial charge on any atom is 0.0725 e. The van der Waals surface area contributed by atoms with E-state index in [0.29, 0.717) is 6.42 Å². The van der Waals surface area contributed by atoms with E-state index in [0.717, 1.165) is 5.56 Å². The molecule has 0 aliphatic rings. The third kappa shape index (κ3) is 2.61. The second-order valence-corrected chi connectivity index (χ2v) is 3.36. The Kier molecular flexibility index (Phi) is 3.70. The zero-order valence-electron chi connectivity index (χ0n) is 8.14. The van der Waals surface area contributed by atoms with Crippen LogP contribution in [0.2, 0.25) is 0 Å². The van der Waals surface area contributed by atoms with Crippen molar-refractivity contribution in [2.45, 2.75) is 19.3 Å². The molecule has 0 saturated heterocycles. The molecule has 14 heavy (non-hydrogen) atoms. The number of rotatable bonds is 3. The van der Waals surface area contributed by atoms with Crippen LogP contribution in [0.5, 0.6) is 0 Å². The Labute approximate surface area is 84.4 Å². The van der Waals surface area contributed by atoms with Gasteiger partial charge in [-0.15, -0.1) is 0 Å². The first-order valence-corrected chi connectivity index (χ1v) is 4.62. The van der Waals surface area contributed by atoms with Crippen LogP contribution in [-0.4, -0.2) is 0 Å². The summed E-state index contributed by atoms with van der Waals surface area (Å²) in [5.41, 5.74) is 0.997. The van der Waals surface area contributed by atoms with Crippen molar-refractivity contribution in [2.75, 3.05) is 0 Å². The van der Waals surface area contributed by atoms with E-state index in [1.54, 1.807) is 0 Å². The molecule has 0 N–H and O–H groups in total. The lowest BCUT2D eigenvalue weighted by molar-refractivity contribution is 0.618. The predicted octanol–water partition coefficient (Wildman–Crippen LogP) is 2.84. The van der Waals surface area contributed by atoms with Crippen LogP contribution >= 0.6 is 0 Å². The standard InChI is InChI=1S/C12H12N2/c1-10(8-13)7-12(9-14)11-5-3-2-4-6-11/h2-6,10,12H,7H2,1H3. The van der Waals surface area contributed by atoms with Crippen molar-refractivity contribution in [3.8, 4) is 12.1 Å². The van der Waals surface area contributed by atoms with E-state index in [9.17, 15) is 0 Å². The summed E-state index contributed by atoms with van der Waals surface area (Å²) in [6.07, 6.45) is 0.608. The van der Waals surface area contributed by atoms with Crippen LogP contribution in [0.3, 0.4) is 0 Å². The van der Waals surface area contributed by atoms with Gasteiger partial charge in [0.1, 0.15) is 0 Å². The van der Waals surface area contributed by atoms with Crippen molar-refractivity contribution in [1.29, 1.82) is 10.5 Å². The molecule has 0 heterocycles. The third-order valence-electron chi connectivity index (χ3n) is 2.17. The second kappa shape index (κ2) is 5.04. The number of benzene rings is 1. The summed E-state index contributed by atoms with van der Waals surface area (Å²) in [5.74, 6) is -0.231. The van der Waals surface area contributed by atoms with Crippen molar-refractivity contribution < 1.29 is 0 Å². The SMILES string of the molecule is CC(C#N)CC(C#N)c1ccccc1. The molecular formula is C12H12N2. The van der Waals surface area contributed by atoms with Gasteiger partial charge in [-0.25, -0.2) is 0 Å². The first-order chi connectivity index (χ1) is 6.77. The van der Waals surface area contributed by atoms with Gasteiger partial charge in [0.15, 0.2) is 0 Å². The van der Waals surface area contributed by atoms with Gasteiger partial charge in [-0.3, -0.25) is 0 Å². The third-order valence-corrected chi connectivity index (χ3v) is 2.17. The molecule has 0 aliphatic carbocycles. The van der Waals surface area contributed by atoms with E-state index in [1.807, 2.05) is 37.3 Å². The first-order valence-electron chi connectivity index (χ1n) is 4.62. The van der Waals surface area contributed by atoms with Gasteiger partial charge >= 0.3 is 0 Å². The van der Waals surface area contributed by atoms with Gasteiger partial charge < -0.3 is 0 Å². The Morgan fingerprint density at radius 2 is 1.79 bits per heavy atom. The fraction of sp³-hybridized carbons (Fsp3) is 0.333. The van der Waals surface area contributed by atoms with E-state index in [2.05, 4.69) is 12.1 Å². The van der Waals surface area contributed by atoms with E-state index in [1.165, 1.54) is 0 Å². The summed E-state index contributed by atoms with van der Waals surface area (Å²) >= 11 is 0. The van der Waals surface area contributed by atoms with Crippen LogP contribution in [0, 0.1) is 28.6 Å². The summed E-state index contributed by atoms with van der Waals surface area (Å²) in [7, 11) is 0. The Balaban J connectivity index is 2.76. The minimum Gasteiger partial charge on any atom is -0.198 e. The maximum absolute atomic E-state index is 8.96. The Morgan fingerprint density at radius 1 is 1.14 bits per heavy atom. The molecule has 1 aromatic rings. The molecule has 0 fully saturated rings. The Hall–Kier alpha value is -1.80. The molecule has 0 aliphatic heterocycles. The average Bonchev–Trinajstić information content (AvgIpc) is 2.26. The molecule has 70 valence electrons. The largest absolute Gasteiger partial charge is 0.198 e. The lowest BCUT2D eigenvalue weighted by Crippen LogP contribution is -2.01. The van der Waals surface area contributed by atoms with E-state index >= 15 is 0 Å². The summed E-state index contributed by atoms with van der Waals surface area (Å²) < 4.78 is 0. The molecule has 2 atom stereocenters. The van der Waals surface area contributed by atoms with Crippen molar-refractivity contribution in [3.05, 3.63) is 35.9 Å². The van der Waals surface area contributed by atoms with E-state index in [4.69, 9.17) is 10.5 Å². The molecule has 1 rings (SSSR count). The fourth-order valence-electron chi connectivity index (χ4n) is 1.35. The van der Waals surface area contributed by atoms with Gasteiger partial charge in [0, 0.05) is 5.92 Å². The minimum absolute atomic E-state index is 0.0696. The van der Waals surface area contributed by atoms with Gasteiger partial charge in [0.2, 0.25) is 0 Å². The normalized spacial score (nSPS) is 13.6. The van der Waals surface area contributed by atoms with Crippen LogP contribution in [0.25, 0.3) is 0 Å². The zero-order chi connectivity index (χ0) is 10.4. The van der Waals surface area contributed by atoms with E-state index < -0.39 is 0 Å². The Morgan fingerprint density at radius 3 is 2.29 bits per heavy atom. The molecule has 0 spiro atoms. The van der Waals surface area contributed by atoms with Crippen molar-refractivity contribution >= 4 is 0 Å². The highest BCUT2D eigenvalue weighted by atomic mass is 14.3. The van der Waals surface area contributed by atoms with Crippen LogP contribution in [0.4, 0.5) is 0 Å². The highest BCUT2D eigenvalue weighted by Crippen LogP contribution is 2.22. The van der Waals surface area contributed by atoms with Crippen molar-refractivity contribution in [2.24, 2.45) is 5.92 Å². The number of hydrogen-bond donors (Lipinski definition) is 0. The monoisotopic (exact) mass is 184 g/mol. The van der Waals surface area contributed by atoms with Gasteiger partial charge in [-0.05, 0) is 18.9 Å². The maximum atomic E-state index is 8.96. The molecule has 0 aromatic heterocycles. The Bertz CT molecular complexity index is 356. The van der Waals surface area contributed by atoms with Crippen molar-refractivity contribution in [3.63, 3.8) is 0 Å². The molecule has 0 radical (unpaired) electrons. The molecule has 0 saturated carbocycles. The number of nitriles is 2. The topological polar surface area (TPSA) is 47.6 Å². The fourth-order valence-corrected chi connectivity index (χ4v) is 1.35. The lowest BCUT2D eigenvalue weighted by atomic mass is 9.91. The first kappa shape index (κ1) is 10.3. The molecular weight excluding hydrogens is 172 g/mol. The quantitative estimate of drug-likeness (QED) is 0.725. The predicted molar refractivity (Wildman–Crippen MR) is 54.2 cm³/mol. The molecule has 2 nitrogen and oxygen atoms in total. The lowest BCUT2D eigenvalue weighted by Gasteiger charge is -2.09. The molecule has 0 bridgehead atoms. The second-order valence-electron chi connectivity index (χ2n) is 3.36. The molecule has 1 aromatic carbocycles. The molecule has 2 heteroatoms. The van der Waals surface area contributed by atoms with Crippen LogP contribution < -0.4 is 0 Å². The van der Waals surface area contributed by atoms with Gasteiger partial charge in [-0.1, -0.05) is 30.3 Å². The summed E-state index contributed by atoms with van der Waals surface area (Å²) in [4.78, 5) is 0. The highest BCUT2D eigenvalue weighted by molar-refractivity contribution is 5.24. The van der Waals surface area contributed by atoms with Gasteiger partial charge in [-0.2, -0.15) is 10.5 Å². The van der Waals surface area contributed by atoms with Gasteiger partial charge in [0.25, 0.3) is 0 Å². The van der Waals surface area contributed by atoms with Crippen LogP contribution in [0.15, 0.2) is 30.3 Å². The smallest absolute Gasteiger partial charge is 0.0725 e. The average molecular weight is 184 g/mol. The van der Waals surface area contributed by atoms with Crippen LogP contribution in [0.1, 0.15) is 24.8 Å². The highest BCUT2D eigenvalue weighted by Gasteiger charge is 2.13. The summed E-state index contributed by atoms with van der Waals surface area (Å²) in [6.45, 7) is 1.84. The summed E-state index contributed by atoms with van der Waals surface area (Å²) in [5, 5.41) is 17.6. The van der Waals surface area contributed by atoms with E-state index in [-0.39, 0.29) is 11.8 Å². The van der Waals surface area contributed by atoms with Crippen molar-refractivity contribution in [1.82, 2.24) is 0 Å².